The Morgan fingerprint density at radius 1 is 1.26 bits per heavy atom. The summed E-state index contributed by atoms with van der Waals surface area (Å²) in [6.45, 7) is -0.101. The zero-order chi connectivity index (χ0) is 13.8. The minimum Gasteiger partial charge on any atom is -0.480 e. The highest BCUT2D eigenvalue weighted by Crippen LogP contribution is 2.08. The quantitative estimate of drug-likeness (QED) is 0.608. The maximum Gasteiger partial charge on any atom is 0.267 e. The van der Waals surface area contributed by atoms with E-state index >= 15 is 0 Å². The van der Waals surface area contributed by atoms with E-state index in [1.54, 1.807) is 12.1 Å². The SMILES string of the molecule is COc1ccc(=O)n(CC(=O)c2ccc(I)cc2)n1. The number of hydrogen-bond acceptors (Lipinski definition) is 4. The second kappa shape index (κ2) is 5.96. The van der Waals surface area contributed by atoms with Crippen molar-refractivity contribution in [3.05, 3.63) is 55.9 Å². The Morgan fingerprint density at radius 3 is 2.58 bits per heavy atom. The van der Waals surface area contributed by atoms with Gasteiger partial charge >= 0.3 is 0 Å². The molecule has 0 aliphatic carbocycles. The first-order valence-corrected chi connectivity index (χ1v) is 6.59. The summed E-state index contributed by atoms with van der Waals surface area (Å²) in [5.41, 5.74) is 0.219. The van der Waals surface area contributed by atoms with Crippen LogP contribution in [0.5, 0.6) is 5.88 Å². The van der Waals surface area contributed by atoms with Crippen LogP contribution in [0.4, 0.5) is 0 Å². The van der Waals surface area contributed by atoms with Crippen molar-refractivity contribution >= 4 is 28.4 Å². The number of Topliss-reactive ketones (excluding diaryl/α,β-unsaturated/α-hetero) is 1. The Kier molecular flexibility index (Phi) is 4.31. The molecular weight excluding hydrogens is 359 g/mol. The molecular formula is C13H11IN2O3. The van der Waals surface area contributed by atoms with Gasteiger partial charge in [-0.25, -0.2) is 4.68 Å². The van der Waals surface area contributed by atoms with Gasteiger partial charge in [0, 0.05) is 21.3 Å². The number of hydrogen-bond donors (Lipinski definition) is 0. The van der Waals surface area contributed by atoms with Gasteiger partial charge in [-0.2, -0.15) is 0 Å². The number of methoxy groups -OCH3 is 1. The molecule has 0 fully saturated rings. The number of carbonyl (C=O) groups is 1. The molecule has 0 amide bonds. The largest absolute Gasteiger partial charge is 0.480 e. The third kappa shape index (κ3) is 3.40. The van der Waals surface area contributed by atoms with Crippen LogP contribution in [0, 0.1) is 3.57 Å². The van der Waals surface area contributed by atoms with Crippen molar-refractivity contribution in [2.24, 2.45) is 0 Å². The van der Waals surface area contributed by atoms with Crippen molar-refractivity contribution in [1.29, 1.82) is 0 Å². The molecule has 5 nitrogen and oxygen atoms in total. The molecule has 2 aromatic rings. The second-order valence-electron chi connectivity index (χ2n) is 3.80. The van der Waals surface area contributed by atoms with Crippen LogP contribution in [0.15, 0.2) is 41.2 Å². The number of aromatic nitrogens is 2. The highest BCUT2D eigenvalue weighted by molar-refractivity contribution is 14.1. The van der Waals surface area contributed by atoms with Crippen LogP contribution in [0.25, 0.3) is 0 Å². The number of carbonyl (C=O) groups excluding carboxylic acids is 1. The summed E-state index contributed by atoms with van der Waals surface area (Å²) in [5, 5.41) is 3.93. The molecule has 2 rings (SSSR count). The third-order valence-electron chi connectivity index (χ3n) is 2.51. The molecule has 0 bridgehead atoms. The van der Waals surface area contributed by atoms with Gasteiger partial charge in [0.05, 0.1) is 7.11 Å². The fraction of sp³-hybridized carbons (Fsp3) is 0.154. The lowest BCUT2D eigenvalue weighted by atomic mass is 10.1. The molecule has 1 aromatic carbocycles. The standard InChI is InChI=1S/C13H11IN2O3/c1-19-12-6-7-13(18)16(15-12)8-11(17)9-2-4-10(14)5-3-9/h2-7H,8H2,1H3. The van der Waals surface area contributed by atoms with E-state index in [1.165, 1.54) is 19.2 Å². The third-order valence-corrected chi connectivity index (χ3v) is 3.23. The number of rotatable bonds is 4. The molecule has 0 saturated heterocycles. The fourth-order valence-corrected chi connectivity index (χ4v) is 1.88. The van der Waals surface area contributed by atoms with E-state index in [9.17, 15) is 9.59 Å². The summed E-state index contributed by atoms with van der Waals surface area (Å²) < 4.78 is 7.07. The molecule has 98 valence electrons. The van der Waals surface area contributed by atoms with Gasteiger partial charge in [-0.1, -0.05) is 12.1 Å². The molecule has 0 saturated carbocycles. The van der Waals surface area contributed by atoms with E-state index < -0.39 is 0 Å². The number of halogens is 1. The van der Waals surface area contributed by atoms with E-state index in [-0.39, 0.29) is 17.9 Å². The van der Waals surface area contributed by atoms with Crippen molar-refractivity contribution in [3.63, 3.8) is 0 Å². The molecule has 1 aromatic heterocycles. The Labute approximate surface area is 123 Å². The minimum atomic E-state index is -0.334. The van der Waals surface area contributed by atoms with Crippen molar-refractivity contribution < 1.29 is 9.53 Å². The highest BCUT2D eigenvalue weighted by Gasteiger charge is 2.09. The zero-order valence-corrected chi connectivity index (χ0v) is 12.3. The van der Waals surface area contributed by atoms with Crippen molar-refractivity contribution in [3.8, 4) is 5.88 Å². The van der Waals surface area contributed by atoms with Crippen molar-refractivity contribution in [2.75, 3.05) is 7.11 Å². The lowest BCUT2D eigenvalue weighted by Gasteiger charge is -2.05. The van der Waals surface area contributed by atoms with Gasteiger partial charge in [-0.05, 0) is 34.7 Å². The molecule has 0 atom stereocenters. The van der Waals surface area contributed by atoms with Crippen molar-refractivity contribution in [1.82, 2.24) is 9.78 Å². The van der Waals surface area contributed by atoms with Gasteiger partial charge in [-0.15, -0.1) is 5.10 Å². The predicted octanol–water partition coefficient (Wildman–Crippen LogP) is 1.74. The van der Waals surface area contributed by atoms with Gasteiger partial charge in [0.15, 0.2) is 5.78 Å². The lowest BCUT2D eigenvalue weighted by Crippen LogP contribution is -2.26. The normalized spacial score (nSPS) is 10.2. The molecule has 6 heteroatoms. The number of nitrogens with zero attached hydrogens (tertiary/aromatic N) is 2. The second-order valence-corrected chi connectivity index (χ2v) is 5.05. The number of benzene rings is 1. The van der Waals surface area contributed by atoms with Crippen LogP contribution in [0.2, 0.25) is 0 Å². The predicted molar refractivity (Wildman–Crippen MR) is 78.5 cm³/mol. The molecule has 19 heavy (non-hydrogen) atoms. The van der Waals surface area contributed by atoms with Gasteiger partial charge in [0.1, 0.15) is 6.54 Å². The van der Waals surface area contributed by atoms with Gasteiger partial charge in [-0.3, -0.25) is 9.59 Å². The average molecular weight is 370 g/mol. The lowest BCUT2D eigenvalue weighted by molar-refractivity contribution is 0.0965. The molecule has 0 N–H and O–H groups in total. The topological polar surface area (TPSA) is 61.2 Å². The summed E-state index contributed by atoms with van der Waals surface area (Å²) in [4.78, 5) is 23.6. The van der Waals surface area contributed by atoms with Crippen molar-refractivity contribution in [2.45, 2.75) is 6.54 Å². The van der Waals surface area contributed by atoms with Crippen LogP contribution < -0.4 is 10.3 Å². The van der Waals surface area contributed by atoms with Crippen LogP contribution in [-0.4, -0.2) is 22.7 Å². The van der Waals surface area contributed by atoms with E-state index in [0.717, 1.165) is 8.25 Å². The summed E-state index contributed by atoms with van der Waals surface area (Å²) in [6, 6.07) is 9.94. The summed E-state index contributed by atoms with van der Waals surface area (Å²) in [6.07, 6.45) is 0. The zero-order valence-electron chi connectivity index (χ0n) is 10.2. The van der Waals surface area contributed by atoms with Gasteiger partial charge in [0.25, 0.3) is 5.56 Å². The van der Waals surface area contributed by atoms with Crippen LogP contribution in [0.1, 0.15) is 10.4 Å². The Hall–Kier alpha value is -1.70. The van der Waals surface area contributed by atoms with Gasteiger partial charge in [0.2, 0.25) is 5.88 Å². The van der Waals surface area contributed by atoms with Crippen LogP contribution in [-0.2, 0) is 6.54 Å². The Bertz CT molecular complexity index is 650. The van der Waals surface area contributed by atoms with Crippen LogP contribution >= 0.6 is 22.6 Å². The van der Waals surface area contributed by atoms with E-state index in [1.807, 2.05) is 12.1 Å². The monoisotopic (exact) mass is 370 g/mol. The maximum atomic E-state index is 12.0. The Morgan fingerprint density at radius 2 is 1.95 bits per heavy atom. The fourth-order valence-electron chi connectivity index (χ4n) is 1.52. The average Bonchev–Trinajstić information content (AvgIpc) is 2.42. The van der Waals surface area contributed by atoms with E-state index in [4.69, 9.17) is 4.74 Å². The summed E-state index contributed by atoms with van der Waals surface area (Å²) in [5.74, 6) is 0.134. The molecule has 0 unspecified atom stereocenters. The minimum absolute atomic E-state index is 0.101. The molecule has 0 aliphatic heterocycles. The molecule has 0 spiro atoms. The van der Waals surface area contributed by atoms with Gasteiger partial charge < -0.3 is 4.74 Å². The Balaban J connectivity index is 2.23. The molecule has 0 radical (unpaired) electrons. The number of ether oxygens (including phenoxy) is 1. The van der Waals surface area contributed by atoms with Crippen LogP contribution in [0.3, 0.4) is 0 Å². The first-order chi connectivity index (χ1) is 9.10. The van der Waals surface area contributed by atoms with E-state index in [0.29, 0.717) is 11.4 Å². The molecule has 0 aliphatic rings. The smallest absolute Gasteiger partial charge is 0.267 e. The maximum absolute atomic E-state index is 12.0. The summed E-state index contributed by atoms with van der Waals surface area (Å²) >= 11 is 2.16. The summed E-state index contributed by atoms with van der Waals surface area (Å²) in [7, 11) is 1.46. The first kappa shape index (κ1) is 13.7. The highest BCUT2D eigenvalue weighted by atomic mass is 127. The number of ketones is 1. The van der Waals surface area contributed by atoms with E-state index in [2.05, 4.69) is 27.7 Å². The molecule has 1 heterocycles. The first-order valence-electron chi connectivity index (χ1n) is 5.51.